The van der Waals surface area contributed by atoms with Gasteiger partial charge in [-0.25, -0.2) is 0 Å². The first kappa shape index (κ1) is 11.6. The summed E-state index contributed by atoms with van der Waals surface area (Å²) < 4.78 is 2.14. The molecule has 1 aliphatic rings. The molecule has 2 N–H and O–H groups in total. The summed E-state index contributed by atoms with van der Waals surface area (Å²) in [6.45, 7) is 0. The number of nitrogens with one attached hydrogen (secondary N) is 1. The average Bonchev–Trinajstić information content (AvgIpc) is 2.47. The molecule has 4 heteroatoms. The van der Waals surface area contributed by atoms with Crippen LogP contribution < -0.4 is 9.88 Å². The van der Waals surface area contributed by atoms with Crippen molar-refractivity contribution >= 4 is 34.0 Å². The smallest absolute Gasteiger partial charge is 0.214 e. The lowest BCUT2D eigenvalue weighted by molar-refractivity contribution is -0.646. The van der Waals surface area contributed by atoms with Gasteiger partial charge in [-0.05, 0) is 18.2 Å². The maximum Gasteiger partial charge on any atom is 0.214 e. The molecule has 1 aromatic heterocycles. The van der Waals surface area contributed by atoms with Crippen molar-refractivity contribution in [2.45, 2.75) is 9.79 Å². The fourth-order valence-electron chi connectivity index (χ4n) is 2.62. The van der Waals surface area contributed by atoms with Gasteiger partial charge in [0.25, 0.3) is 0 Å². The van der Waals surface area contributed by atoms with Gasteiger partial charge in [0.05, 0.1) is 16.8 Å². The Kier molecular flexibility index (Phi) is 2.41. The number of fused-ring (bicyclic) bond motifs is 4. The molecule has 2 heterocycles. The number of pyridine rings is 1. The molecule has 2 aromatic carbocycles. The van der Waals surface area contributed by atoms with E-state index in [4.69, 9.17) is 0 Å². The Balaban J connectivity index is 2.01. The minimum absolute atomic E-state index is 0.290. The minimum Gasteiger partial charge on any atom is -0.506 e. The normalized spacial score (nSPS) is 12.7. The fourth-order valence-corrected chi connectivity index (χ4v) is 3.73. The van der Waals surface area contributed by atoms with E-state index in [1.807, 2.05) is 24.3 Å². The van der Waals surface area contributed by atoms with Crippen LogP contribution in [0.3, 0.4) is 0 Å². The highest BCUT2D eigenvalue weighted by atomic mass is 32.2. The second-order valence-corrected chi connectivity index (χ2v) is 5.96. The number of hydrogen-bond donors (Lipinski definition) is 2. The van der Waals surface area contributed by atoms with E-state index in [-0.39, 0.29) is 5.75 Å². The molecule has 0 saturated carbocycles. The lowest BCUT2D eigenvalue weighted by atomic mass is 10.1. The maximum atomic E-state index is 10.0. The van der Waals surface area contributed by atoms with Gasteiger partial charge in [-0.3, -0.25) is 0 Å². The van der Waals surface area contributed by atoms with Crippen LogP contribution in [0.5, 0.6) is 5.75 Å². The molecule has 3 aromatic rings. The first-order chi connectivity index (χ1) is 9.74. The summed E-state index contributed by atoms with van der Waals surface area (Å²) in [6.07, 6.45) is 2.13. The zero-order valence-corrected chi connectivity index (χ0v) is 11.7. The highest BCUT2D eigenvalue weighted by Gasteiger charge is 2.24. The van der Waals surface area contributed by atoms with Crippen molar-refractivity contribution in [3.8, 4) is 5.75 Å². The first-order valence-corrected chi connectivity index (χ1v) is 7.24. The van der Waals surface area contributed by atoms with Crippen LogP contribution in [0.15, 0.2) is 58.5 Å². The number of phenolic OH excluding ortho intramolecular Hbond substituents is 1. The molecule has 0 bridgehead atoms. The summed E-state index contributed by atoms with van der Waals surface area (Å²) in [5.41, 5.74) is 3.03. The third-order valence-corrected chi connectivity index (χ3v) is 4.67. The van der Waals surface area contributed by atoms with E-state index in [2.05, 4.69) is 35.3 Å². The van der Waals surface area contributed by atoms with E-state index in [9.17, 15) is 5.11 Å². The van der Waals surface area contributed by atoms with Gasteiger partial charge in [-0.1, -0.05) is 30.0 Å². The SMILES string of the molecule is C[n+]1cc2c(c3ccccc31)Nc1c(O)cccc1S2. The largest absolute Gasteiger partial charge is 0.506 e. The molecule has 98 valence electrons. The lowest BCUT2D eigenvalue weighted by Gasteiger charge is -2.21. The fraction of sp³-hybridized carbons (Fsp3) is 0.0625. The van der Waals surface area contributed by atoms with Crippen LogP contribution in [0.1, 0.15) is 0 Å². The summed E-state index contributed by atoms with van der Waals surface area (Å²) in [5, 5.41) is 14.6. The number of aryl methyl sites for hydroxylation is 1. The molecular formula is C16H13N2OS+. The van der Waals surface area contributed by atoms with Gasteiger partial charge >= 0.3 is 0 Å². The molecule has 0 amide bonds. The van der Waals surface area contributed by atoms with Crippen LogP contribution in [-0.4, -0.2) is 5.11 Å². The van der Waals surface area contributed by atoms with Crippen molar-refractivity contribution in [1.82, 2.24) is 0 Å². The summed E-state index contributed by atoms with van der Waals surface area (Å²) in [7, 11) is 2.06. The molecule has 0 radical (unpaired) electrons. The Labute approximate surface area is 120 Å². The van der Waals surface area contributed by atoms with E-state index < -0.39 is 0 Å². The minimum atomic E-state index is 0.290. The van der Waals surface area contributed by atoms with E-state index in [0.29, 0.717) is 0 Å². The molecular weight excluding hydrogens is 268 g/mol. The Hall–Kier alpha value is -2.20. The lowest BCUT2D eigenvalue weighted by Crippen LogP contribution is -2.29. The van der Waals surface area contributed by atoms with Gasteiger partial charge in [0.2, 0.25) is 5.52 Å². The van der Waals surface area contributed by atoms with Crippen LogP contribution in [0.25, 0.3) is 10.9 Å². The molecule has 0 aliphatic carbocycles. The molecule has 0 unspecified atom stereocenters. The summed E-state index contributed by atoms with van der Waals surface area (Å²) in [5.74, 6) is 0.290. The third-order valence-electron chi connectivity index (χ3n) is 3.58. The van der Waals surface area contributed by atoms with E-state index in [1.54, 1.807) is 17.8 Å². The molecule has 20 heavy (non-hydrogen) atoms. The van der Waals surface area contributed by atoms with Gasteiger partial charge in [-0.15, -0.1) is 0 Å². The number of phenols is 1. The first-order valence-electron chi connectivity index (χ1n) is 6.42. The number of hydrogen-bond acceptors (Lipinski definition) is 3. The number of nitrogens with zero attached hydrogens (tertiary/aromatic N) is 1. The van der Waals surface area contributed by atoms with Crippen molar-refractivity contribution < 1.29 is 9.67 Å². The van der Waals surface area contributed by atoms with Gasteiger partial charge in [0.15, 0.2) is 6.20 Å². The van der Waals surface area contributed by atoms with Gasteiger partial charge in [-0.2, -0.15) is 4.57 Å². The van der Waals surface area contributed by atoms with Gasteiger partial charge < -0.3 is 10.4 Å². The summed E-state index contributed by atoms with van der Waals surface area (Å²) in [4.78, 5) is 2.22. The van der Waals surface area contributed by atoms with Crippen LogP contribution in [0, 0.1) is 0 Å². The van der Waals surface area contributed by atoms with Crippen molar-refractivity contribution in [1.29, 1.82) is 0 Å². The van der Waals surface area contributed by atoms with Crippen LogP contribution >= 0.6 is 11.8 Å². The van der Waals surface area contributed by atoms with Crippen molar-refractivity contribution in [3.05, 3.63) is 48.7 Å². The quantitative estimate of drug-likeness (QED) is 0.382. The van der Waals surface area contributed by atoms with Crippen molar-refractivity contribution in [3.63, 3.8) is 0 Å². The molecule has 0 spiro atoms. The second kappa shape index (κ2) is 4.15. The van der Waals surface area contributed by atoms with Crippen LogP contribution in [0.4, 0.5) is 11.4 Å². The van der Waals surface area contributed by atoms with Crippen molar-refractivity contribution in [2.75, 3.05) is 5.32 Å². The number of aromatic hydroxyl groups is 1. The zero-order valence-electron chi connectivity index (χ0n) is 10.9. The Bertz CT molecular complexity index is 845. The Morgan fingerprint density at radius 2 is 1.85 bits per heavy atom. The number of para-hydroxylation sites is 2. The topological polar surface area (TPSA) is 36.1 Å². The number of benzene rings is 2. The number of rotatable bonds is 0. The number of anilines is 2. The predicted molar refractivity (Wildman–Crippen MR) is 80.6 cm³/mol. The zero-order chi connectivity index (χ0) is 13.7. The third kappa shape index (κ3) is 1.58. The van der Waals surface area contributed by atoms with E-state index in [1.165, 1.54) is 10.4 Å². The maximum absolute atomic E-state index is 10.0. The monoisotopic (exact) mass is 281 g/mol. The number of aromatic nitrogens is 1. The van der Waals surface area contributed by atoms with Gasteiger partial charge in [0.1, 0.15) is 17.7 Å². The highest BCUT2D eigenvalue weighted by Crippen LogP contribution is 2.48. The highest BCUT2D eigenvalue weighted by molar-refractivity contribution is 7.99. The van der Waals surface area contributed by atoms with E-state index in [0.717, 1.165) is 21.7 Å². The molecule has 4 rings (SSSR count). The van der Waals surface area contributed by atoms with Crippen molar-refractivity contribution in [2.24, 2.45) is 7.05 Å². The summed E-state index contributed by atoms with van der Waals surface area (Å²) in [6, 6.07) is 13.9. The predicted octanol–water partition coefficient (Wildman–Crippen LogP) is 3.58. The Morgan fingerprint density at radius 3 is 2.75 bits per heavy atom. The van der Waals surface area contributed by atoms with Crippen LogP contribution in [-0.2, 0) is 7.05 Å². The standard InChI is InChI=1S/C16H12N2OS/c1-18-9-14-15(10-5-2-3-6-11(10)18)17-16-12(19)7-4-8-13(16)20-14/h2-9,19H,1H3/p+1. The second-order valence-electron chi connectivity index (χ2n) is 4.87. The average molecular weight is 281 g/mol. The molecule has 0 fully saturated rings. The molecule has 0 atom stereocenters. The summed E-state index contributed by atoms with van der Waals surface area (Å²) >= 11 is 1.68. The molecule has 1 aliphatic heterocycles. The molecule has 3 nitrogen and oxygen atoms in total. The Morgan fingerprint density at radius 1 is 1.00 bits per heavy atom. The van der Waals surface area contributed by atoms with E-state index >= 15 is 0 Å². The van der Waals surface area contributed by atoms with Crippen LogP contribution in [0.2, 0.25) is 0 Å². The van der Waals surface area contributed by atoms with Gasteiger partial charge in [0, 0.05) is 11.0 Å². The molecule has 0 saturated heterocycles.